The fraction of sp³-hybridized carbons (Fsp3) is 0.529. The van der Waals surface area contributed by atoms with Crippen LogP contribution < -0.4 is 15.5 Å². The van der Waals surface area contributed by atoms with Gasteiger partial charge in [-0.3, -0.25) is 9.48 Å². The summed E-state index contributed by atoms with van der Waals surface area (Å²) in [6, 6.07) is 3.64. The van der Waals surface area contributed by atoms with Gasteiger partial charge < -0.3 is 24.7 Å². The van der Waals surface area contributed by atoms with Gasteiger partial charge in [-0.15, -0.1) is 12.4 Å². The Hall–Kier alpha value is -2.03. The molecule has 0 bridgehead atoms. The lowest BCUT2D eigenvalue weighted by atomic mass is 10.2. The van der Waals surface area contributed by atoms with Gasteiger partial charge in [0.1, 0.15) is 11.6 Å². The highest BCUT2D eigenvalue weighted by molar-refractivity contribution is 5.85. The molecule has 0 unspecified atom stereocenters. The van der Waals surface area contributed by atoms with Crippen LogP contribution in [0.15, 0.2) is 22.8 Å². The highest BCUT2D eigenvalue weighted by atomic mass is 35.5. The maximum atomic E-state index is 11.9. The Bertz CT molecular complexity index is 696. The zero-order chi connectivity index (χ0) is 17.6. The Morgan fingerprint density at radius 2 is 2.08 bits per heavy atom. The van der Waals surface area contributed by atoms with Crippen molar-refractivity contribution in [2.75, 3.05) is 37.7 Å². The second-order valence-corrected chi connectivity index (χ2v) is 6.07. The van der Waals surface area contributed by atoms with E-state index in [0.29, 0.717) is 13.1 Å². The fourth-order valence-electron chi connectivity index (χ4n) is 3.03. The first-order valence-electron chi connectivity index (χ1n) is 8.50. The van der Waals surface area contributed by atoms with E-state index in [2.05, 4.69) is 20.6 Å². The third kappa shape index (κ3) is 5.00. The number of halogens is 1. The topological polar surface area (TPSA) is 84.6 Å². The Balaban J connectivity index is 0.00000243. The van der Waals surface area contributed by atoms with E-state index in [9.17, 15) is 4.79 Å². The van der Waals surface area contributed by atoms with Crippen molar-refractivity contribution in [3.63, 3.8) is 0 Å². The number of furan rings is 1. The first-order chi connectivity index (χ1) is 12.1. The summed E-state index contributed by atoms with van der Waals surface area (Å²) in [6.45, 7) is 6.41. The minimum atomic E-state index is -0.0640. The number of aromatic nitrogens is 2. The van der Waals surface area contributed by atoms with Gasteiger partial charge in [0.05, 0.1) is 38.3 Å². The van der Waals surface area contributed by atoms with Crippen LogP contribution in [-0.4, -0.2) is 48.5 Å². The summed E-state index contributed by atoms with van der Waals surface area (Å²) in [7, 11) is 1.96. The summed E-state index contributed by atoms with van der Waals surface area (Å²) in [6.07, 6.45) is 1.60. The van der Waals surface area contributed by atoms with E-state index in [-0.39, 0.29) is 24.9 Å². The van der Waals surface area contributed by atoms with E-state index in [0.717, 1.165) is 49.1 Å². The van der Waals surface area contributed by atoms with Crippen molar-refractivity contribution in [3.8, 4) is 0 Å². The minimum Gasteiger partial charge on any atom is -0.467 e. The van der Waals surface area contributed by atoms with Gasteiger partial charge in [-0.2, -0.15) is 5.10 Å². The number of anilines is 1. The molecular formula is C17H26ClN5O3. The molecule has 1 amide bonds. The zero-order valence-electron chi connectivity index (χ0n) is 15.2. The number of carbonyl (C=O) groups excluding carboxylic acids is 1. The summed E-state index contributed by atoms with van der Waals surface area (Å²) in [5.41, 5.74) is 2.11. The summed E-state index contributed by atoms with van der Waals surface area (Å²) in [4.78, 5) is 14.2. The Morgan fingerprint density at radius 3 is 2.77 bits per heavy atom. The number of rotatable bonds is 7. The first-order valence-corrected chi connectivity index (χ1v) is 8.50. The summed E-state index contributed by atoms with van der Waals surface area (Å²) in [5, 5.41) is 10.6. The van der Waals surface area contributed by atoms with Crippen LogP contribution in [0.2, 0.25) is 0 Å². The van der Waals surface area contributed by atoms with Crippen molar-refractivity contribution in [2.24, 2.45) is 7.05 Å². The van der Waals surface area contributed by atoms with Gasteiger partial charge in [0, 0.05) is 32.2 Å². The highest BCUT2D eigenvalue weighted by Crippen LogP contribution is 2.23. The van der Waals surface area contributed by atoms with Crippen molar-refractivity contribution >= 4 is 24.1 Å². The molecule has 26 heavy (non-hydrogen) atoms. The van der Waals surface area contributed by atoms with Crippen LogP contribution in [0.5, 0.6) is 0 Å². The first kappa shape index (κ1) is 20.3. The second kappa shape index (κ2) is 9.61. The lowest BCUT2D eigenvalue weighted by Crippen LogP contribution is -2.38. The van der Waals surface area contributed by atoms with Crippen molar-refractivity contribution in [1.29, 1.82) is 0 Å². The molecule has 2 aromatic heterocycles. The van der Waals surface area contributed by atoms with Crippen molar-refractivity contribution in [1.82, 2.24) is 20.4 Å². The van der Waals surface area contributed by atoms with Crippen LogP contribution >= 0.6 is 12.4 Å². The van der Waals surface area contributed by atoms with E-state index in [1.165, 1.54) is 0 Å². The number of nitrogens with zero attached hydrogens (tertiary/aromatic N) is 3. The number of hydrogen-bond acceptors (Lipinski definition) is 6. The van der Waals surface area contributed by atoms with E-state index < -0.39 is 0 Å². The van der Waals surface area contributed by atoms with Crippen LogP contribution in [0.4, 0.5) is 5.82 Å². The van der Waals surface area contributed by atoms with Gasteiger partial charge in [-0.25, -0.2) is 0 Å². The van der Waals surface area contributed by atoms with Crippen LogP contribution in [0.1, 0.15) is 17.0 Å². The fourth-order valence-corrected chi connectivity index (χ4v) is 3.03. The maximum Gasteiger partial charge on any atom is 0.234 e. The second-order valence-electron chi connectivity index (χ2n) is 6.07. The SMILES string of the molecule is Cc1nn(C)c(N2CCOCC2)c1CNCC(=O)NCc1ccco1.Cl. The Morgan fingerprint density at radius 1 is 1.31 bits per heavy atom. The quantitative estimate of drug-likeness (QED) is 0.741. The van der Waals surface area contributed by atoms with Gasteiger partial charge >= 0.3 is 0 Å². The molecule has 1 saturated heterocycles. The molecule has 0 aliphatic carbocycles. The third-order valence-corrected chi connectivity index (χ3v) is 4.25. The summed E-state index contributed by atoms with van der Waals surface area (Å²) >= 11 is 0. The number of aryl methyl sites for hydroxylation is 2. The molecule has 0 aromatic carbocycles. The van der Waals surface area contributed by atoms with Crippen LogP contribution in [0.3, 0.4) is 0 Å². The zero-order valence-corrected chi connectivity index (χ0v) is 16.0. The van der Waals surface area contributed by atoms with Gasteiger partial charge in [0.15, 0.2) is 0 Å². The number of hydrogen-bond donors (Lipinski definition) is 2. The van der Waals surface area contributed by atoms with Crippen LogP contribution in [0, 0.1) is 6.92 Å². The van der Waals surface area contributed by atoms with E-state index >= 15 is 0 Å². The van der Waals surface area contributed by atoms with Crippen molar-refractivity contribution < 1.29 is 13.9 Å². The number of morpholine rings is 1. The molecule has 1 aliphatic heterocycles. The van der Waals surface area contributed by atoms with Crippen molar-refractivity contribution in [3.05, 3.63) is 35.4 Å². The van der Waals surface area contributed by atoms with E-state index in [1.54, 1.807) is 12.3 Å². The molecule has 8 nitrogen and oxygen atoms in total. The smallest absolute Gasteiger partial charge is 0.234 e. The molecule has 3 rings (SSSR count). The lowest BCUT2D eigenvalue weighted by Gasteiger charge is -2.29. The third-order valence-electron chi connectivity index (χ3n) is 4.25. The molecule has 3 heterocycles. The van der Waals surface area contributed by atoms with Gasteiger partial charge in [-0.1, -0.05) is 0 Å². The predicted molar refractivity (Wildman–Crippen MR) is 100 cm³/mol. The molecular weight excluding hydrogens is 358 g/mol. The standard InChI is InChI=1S/C17H25N5O3.ClH/c1-13-15(17(21(2)20-13)22-5-8-24-9-6-22)11-18-12-16(23)19-10-14-4-3-7-25-14;/h3-4,7,18H,5-6,8-12H2,1-2H3,(H,19,23);1H. The number of nitrogens with one attached hydrogen (secondary N) is 2. The molecule has 0 atom stereocenters. The molecule has 2 aromatic rings. The molecule has 144 valence electrons. The largest absolute Gasteiger partial charge is 0.467 e. The average molecular weight is 384 g/mol. The van der Waals surface area contributed by atoms with Crippen molar-refractivity contribution in [2.45, 2.75) is 20.0 Å². The average Bonchev–Trinajstić information content (AvgIpc) is 3.22. The van der Waals surface area contributed by atoms with Gasteiger partial charge in [0.25, 0.3) is 0 Å². The molecule has 9 heteroatoms. The number of ether oxygens (including phenoxy) is 1. The van der Waals surface area contributed by atoms with Gasteiger partial charge in [0.2, 0.25) is 5.91 Å². The lowest BCUT2D eigenvalue weighted by molar-refractivity contribution is -0.120. The van der Waals surface area contributed by atoms with E-state index in [1.807, 2.05) is 24.7 Å². The Labute approximate surface area is 159 Å². The van der Waals surface area contributed by atoms with Crippen LogP contribution in [0.25, 0.3) is 0 Å². The summed E-state index contributed by atoms with van der Waals surface area (Å²) < 4.78 is 12.5. The monoisotopic (exact) mass is 383 g/mol. The number of amides is 1. The molecule has 0 spiro atoms. The Kier molecular flexibility index (Phi) is 7.50. The normalized spacial score (nSPS) is 14.2. The molecule has 1 aliphatic rings. The number of carbonyl (C=O) groups is 1. The molecule has 2 N–H and O–H groups in total. The molecule has 1 fully saturated rings. The van der Waals surface area contributed by atoms with E-state index in [4.69, 9.17) is 9.15 Å². The van der Waals surface area contributed by atoms with Crippen LogP contribution in [-0.2, 0) is 29.7 Å². The molecule has 0 radical (unpaired) electrons. The predicted octanol–water partition coefficient (Wildman–Crippen LogP) is 0.986. The summed E-state index contributed by atoms with van der Waals surface area (Å²) in [5.74, 6) is 1.78. The molecule has 0 saturated carbocycles. The van der Waals surface area contributed by atoms with Gasteiger partial charge in [-0.05, 0) is 19.1 Å². The highest BCUT2D eigenvalue weighted by Gasteiger charge is 2.21. The minimum absolute atomic E-state index is 0. The maximum absolute atomic E-state index is 11.9.